The van der Waals surface area contributed by atoms with Gasteiger partial charge in [-0.1, -0.05) is 73.7 Å². The van der Waals surface area contributed by atoms with Crippen LogP contribution in [0.4, 0.5) is 0 Å². The molecule has 0 spiro atoms. The van der Waals surface area contributed by atoms with Crippen LogP contribution in [-0.4, -0.2) is 54.7 Å². The van der Waals surface area contributed by atoms with E-state index in [9.17, 15) is 39.9 Å². The number of rotatable bonds is 5. The van der Waals surface area contributed by atoms with Gasteiger partial charge in [0.1, 0.15) is 22.8 Å². The molecule has 3 aliphatic rings. The molecule has 43 heavy (non-hydrogen) atoms. The van der Waals surface area contributed by atoms with Gasteiger partial charge in [0.05, 0.1) is 11.7 Å². The molecule has 3 aromatic carbocycles. The second kappa shape index (κ2) is 9.93. The zero-order valence-electron chi connectivity index (χ0n) is 23.4. The van der Waals surface area contributed by atoms with E-state index < -0.39 is 76.0 Å². The topological polar surface area (TPSA) is 178 Å². The minimum atomic E-state index is -2.87. The number of phenols is 1. The first-order valence-corrected chi connectivity index (χ1v) is 14.0. The fraction of sp³-hybridized carbons (Fsp3) is 0.265. The standard InChI is InChI=1S/C34H31NO8/c1-15(12-18-8-5-7-17-6-3-4-9-21(17)18)13-19-10-11-20-16(2)24-27(30(39)25(20)28(19)37)32(41)34(43)22(29(24)38)14-23(36)26(31(34)40)33(35)42/h3-11,16,22,24,29,37-40,43H,1,12-14H2,2H3,(H2,35,42). The number of allylic oxidation sites excluding steroid dienone is 1. The van der Waals surface area contributed by atoms with E-state index in [0.29, 0.717) is 17.5 Å². The van der Waals surface area contributed by atoms with Crippen molar-refractivity contribution in [3.8, 4) is 5.75 Å². The third-order valence-corrected chi connectivity index (χ3v) is 9.35. The van der Waals surface area contributed by atoms with Crippen molar-refractivity contribution in [2.75, 3.05) is 0 Å². The smallest absolute Gasteiger partial charge is 0.255 e. The lowest BCUT2D eigenvalue weighted by molar-refractivity contribution is -0.160. The number of aromatic hydroxyl groups is 1. The number of nitrogens with two attached hydrogens (primary N) is 1. The lowest BCUT2D eigenvalue weighted by atomic mass is 9.55. The number of hydrogen-bond acceptors (Lipinski definition) is 8. The minimum absolute atomic E-state index is 0.0257. The van der Waals surface area contributed by atoms with Crippen LogP contribution in [-0.2, 0) is 27.2 Å². The highest BCUT2D eigenvalue weighted by atomic mass is 16.4. The summed E-state index contributed by atoms with van der Waals surface area (Å²) in [6.45, 7) is 5.91. The Morgan fingerprint density at radius 3 is 2.40 bits per heavy atom. The van der Waals surface area contributed by atoms with Gasteiger partial charge in [-0.25, -0.2) is 0 Å². The first-order valence-electron chi connectivity index (χ1n) is 14.0. The van der Waals surface area contributed by atoms with E-state index in [0.717, 1.165) is 21.9 Å². The highest BCUT2D eigenvalue weighted by Crippen LogP contribution is 2.56. The van der Waals surface area contributed by atoms with Gasteiger partial charge in [0.15, 0.2) is 11.4 Å². The number of phenolic OH excluding ortho intramolecular Hbond substituents is 1. The van der Waals surface area contributed by atoms with Crippen LogP contribution in [0.1, 0.15) is 41.5 Å². The van der Waals surface area contributed by atoms with Crippen LogP contribution < -0.4 is 5.73 Å². The number of carbonyl (C=O) groups is 3. The van der Waals surface area contributed by atoms with Gasteiger partial charge in [0.2, 0.25) is 5.78 Å². The Bertz CT molecular complexity index is 1830. The number of hydrogen-bond donors (Lipinski definition) is 6. The van der Waals surface area contributed by atoms with Crippen molar-refractivity contribution in [2.45, 2.75) is 43.8 Å². The molecule has 1 fully saturated rings. The summed E-state index contributed by atoms with van der Waals surface area (Å²) in [6, 6.07) is 17.4. The SMILES string of the molecule is C=C(Cc1ccc2c(c1O)C(O)=C1C(=O)C3(O)C(O)=C(C(N)=O)C(=O)CC3C(O)C1C2C)Cc1cccc2ccccc12. The highest BCUT2D eigenvalue weighted by Gasteiger charge is 2.64. The molecule has 3 aliphatic carbocycles. The number of amides is 1. The predicted molar refractivity (Wildman–Crippen MR) is 158 cm³/mol. The number of fused-ring (bicyclic) bond motifs is 4. The van der Waals surface area contributed by atoms with Crippen molar-refractivity contribution >= 4 is 34.0 Å². The van der Waals surface area contributed by atoms with Gasteiger partial charge < -0.3 is 31.3 Å². The summed E-state index contributed by atoms with van der Waals surface area (Å²) >= 11 is 0. The van der Waals surface area contributed by atoms with Crippen LogP contribution in [0.3, 0.4) is 0 Å². The summed E-state index contributed by atoms with van der Waals surface area (Å²) in [7, 11) is 0. The Hall–Kier alpha value is -4.73. The van der Waals surface area contributed by atoms with Crippen LogP contribution in [0.5, 0.6) is 5.75 Å². The zero-order chi connectivity index (χ0) is 31.0. The van der Waals surface area contributed by atoms with Gasteiger partial charge in [-0.2, -0.15) is 0 Å². The van der Waals surface area contributed by atoms with Crippen LogP contribution >= 0.6 is 0 Å². The molecule has 1 saturated carbocycles. The van der Waals surface area contributed by atoms with Gasteiger partial charge in [0, 0.05) is 23.8 Å². The molecular formula is C34H31NO8. The maximum absolute atomic E-state index is 13.9. The van der Waals surface area contributed by atoms with Crippen LogP contribution in [0.15, 0.2) is 83.7 Å². The number of aliphatic hydroxyl groups excluding tert-OH is 3. The highest BCUT2D eigenvalue weighted by molar-refractivity contribution is 6.23. The Morgan fingerprint density at radius 2 is 1.67 bits per heavy atom. The van der Waals surface area contributed by atoms with Crippen molar-refractivity contribution in [3.05, 3.63) is 106 Å². The normalized spacial score (nSPS) is 26.7. The Labute approximate surface area is 246 Å². The summed E-state index contributed by atoms with van der Waals surface area (Å²) in [4.78, 5) is 38.4. The average molecular weight is 582 g/mol. The fourth-order valence-electron chi connectivity index (χ4n) is 7.23. The number of primary amides is 1. The van der Waals surface area contributed by atoms with E-state index in [2.05, 4.69) is 6.58 Å². The summed E-state index contributed by atoms with van der Waals surface area (Å²) in [6.07, 6.45) is -1.38. The molecule has 6 rings (SSSR count). The van der Waals surface area contributed by atoms with E-state index in [1.54, 1.807) is 19.1 Å². The minimum Gasteiger partial charge on any atom is -0.508 e. The van der Waals surface area contributed by atoms with Crippen molar-refractivity contribution in [3.63, 3.8) is 0 Å². The molecule has 0 saturated heterocycles. The quantitative estimate of drug-likeness (QED) is 0.196. The molecule has 3 aromatic rings. The van der Waals surface area contributed by atoms with E-state index in [1.165, 1.54) is 0 Å². The molecule has 9 heteroatoms. The number of benzene rings is 3. The molecule has 220 valence electrons. The van der Waals surface area contributed by atoms with Crippen molar-refractivity contribution in [1.29, 1.82) is 0 Å². The van der Waals surface area contributed by atoms with E-state index in [1.807, 2.05) is 42.5 Å². The maximum atomic E-state index is 13.9. The third kappa shape index (κ3) is 4.03. The van der Waals surface area contributed by atoms with E-state index in [4.69, 9.17) is 5.73 Å². The molecule has 0 aromatic heterocycles. The average Bonchev–Trinajstić information content (AvgIpc) is 2.96. The van der Waals surface area contributed by atoms with Gasteiger partial charge in [-0.05, 0) is 46.2 Å². The Balaban J connectivity index is 1.40. The number of aliphatic hydroxyl groups is 4. The summed E-state index contributed by atoms with van der Waals surface area (Å²) < 4.78 is 0. The Morgan fingerprint density at radius 1 is 1.00 bits per heavy atom. The molecule has 0 radical (unpaired) electrons. The molecule has 7 N–H and O–H groups in total. The van der Waals surface area contributed by atoms with Crippen molar-refractivity contribution < 1.29 is 39.9 Å². The van der Waals surface area contributed by atoms with Gasteiger partial charge in [0.25, 0.3) is 5.91 Å². The molecule has 0 aliphatic heterocycles. The van der Waals surface area contributed by atoms with E-state index in [-0.39, 0.29) is 17.7 Å². The van der Waals surface area contributed by atoms with E-state index >= 15 is 0 Å². The third-order valence-electron chi connectivity index (χ3n) is 9.35. The second-order valence-electron chi connectivity index (χ2n) is 11.8. The van der Waals surface area contributed by atoms with Crippen LogP contribution in [0.2, 0.25) is 0 Å². The second-order valence-corrected chi connectivity index (χ2v) is 11.8. The zero-order valence-corrected chi connectivity index (χ0v) is 23.4. The van der Waals surface area contributed by atoms with Gasteiger partial charge >= 0.3 is 0 Å². The first kappa shape index (κ1) is 28.4. The Kier molecular flexibility index (Phi) is 6.56. The summed E-state index contributed by atoms with van der Waals surface area (Å²) in [5, 5.41) is 58.7. The number of carbonyl (C=O) groups excluding carboxylic acids is 3. The predicted octanol–water partition coefficient (Wildman–Crippen LogP) is 3.45. The molecule has 0 heterocycles. The van der Waals surface area contributed by atoms with Crippen molar-refractivity contribution in [1.82, 2.24) is 0 Å². The molecule has 5 atom stereocenters. The van der Waals surface area contributed by atoms with Gasteiger partial charge in [-0.15, -0.1) is 0 Å². The molecule has 5 unspecified atom stereocenters. The molecular weight excluding hydrogens is 550 g/mol. The lowest BCUT2D eigenvalue weighted by Crippen LogP contribution is -2.63. The first-order chi connectivity index (χ1) is 20.4. The monoisotopic (exact) mass is 581 g/mol. The van der Waals surface area contributed by atoms with Crippen molar-refractivity contribution in [2.24, 2.45) is 17.6 Å². The number of Topliss-reactive ketones (excluding diaryl/α,β-unsaturated/α-hetero) is 2. The van der Waals surface area contributed by atoms with Crippen LogP contribution in [0, 0.1) is 11.8 Å². The molecule has 0 bridgehead atoms. The molecule has 9 nitrogen and oxygen atoms in total. The van der Waals surface area contributed by atoms with Gasteiger partial charge in [-0.3, -0.25) is 14.4 Å². The molecule has 1 amide bonds. The van der Waals surface area contributed by atoms with Crippen LogP contribution in [0.25, 0.3) is 16.5 Å². The number of ketones is 2. The summed E-state index contributed by atoms with van der Waals surface area (Å²) in [5.41, 5.74) is 3.80. The fourth-order valence-corrected chi connectivity index (χ4v) is 7.23. The summed E-state index contributed by atoms with van der Waals surface area (Å²) in [5.74, 6) is -8.76. The maximum Gasteiger partial charge on any atom is 0.255 e. The lowest BCUT2D eigenvalue weighted by Gasteiger charge is -2.50. The largest absolute Gasteiger partial charge is 0.508 e.